The Hall–Kier alpha value is -4.29. The fraction of sp³-hybridized carbons (Fsp3) is 0.382. The van der Waals surface area contributed by atoms with Crippen LogP contribution >= 0.6 is 0 Å². The minimum Gasteiger partial charge on any atom is -0.354 e. The maximum absolute atomic E-state index is 13.7. The normalized spacial score (nSPS) is 13.4. The topological polar surface area (TPSA) is 137 Å². The van der Waals surface area contributed by atoms with Gasteiger partial charge >= 0.3 is 0 Å². The van der Waals surface area contributed by atoms with Gasteiger partial charge in [-0.25, -0.2) is 12.8 Å². The van der Waals surface area contributed by atoms with Gasteiger partial charge in [0, 0.05) is 37.3 Å². The van der Waals surface area contributed by atoms with Crippen LogP contribution in [0.5, 0.6) is 0 Å². The van der Waals surface area contributed by atoms with Crippen molar-refractivity contribution in [3.05, 3.63) is 101 Å². The van der Waals surface area contributed by atoms with Crippen LogP contribution in [-0.4, -0.2) is 64.6 Å². The molecule has 0 spiro atoms. The maximum atomic E-state index is 13.7. The highest BCUT2D eigenvalue weighted by molar-refractivity contribution is 7.92. The molecule has 0 saturated carbocycles. The van der Waals surface area contributed by atoms with E-state index in [1.807, 2.05) is 44.2 Å². The van der Waals surface area contributed by atoms with Crippen LogP contribution in [0.25, 0.3) is 0 Å². The first-order valence-electron chi connectivity index (χ1n) is 15.1. The number of anilines is 1. The summed E-state index contributed by atoms with van der Waals surface area (Å²) < 4.78 is 39.2. The lowest BCUT2D eigenvalue weighted by Crippen LogP contribution is -2.50. The number of benzene rings is 3. The molecule has 0 aliphatic rings. The Morgan fingerprint density at radius 3 is 1.98 bits per heavy atom. The summed E-state index contributed by atoms with van der Waals surface area (Å²) in [4.78, 5) is 39.6. The number of hydrogen-bond donors (Lipinski definition) is 4. The second-order valence-corrected chi connectivity index (χ2v) is 13.9. The second-order valence-electron chi connectivity index (χ2n) is 11.9. The van der Waals surface area contributed by atoms with Crippen molar-refractivity contribution in [3.8, 4) is 0 Å². The first-order valence-corrected chi connectivity index (χ1v) is 17.0. The summed E-state index contributed by atoms with van der Waals surface area (Å²) in [6.07, 6.45) is 1.47. The molecule has 0 aliphatic heterocycles. The van der Waals surface area contributed by atoms with Gasteiger partial charge in [0.1, 0.15) is 5.82 Å². The van der Waals surface area contributed by atoms with Crippen LogP contribution in [0.2, 0.25) is 0 Å². The average molecular weight is 654 g/mol. The monoisotopic (exact) mass is 653 g/mol. The van der Waals surface area contributed by atoms with Crippen molar-refractivity contribution in [2.45, 2.75) is 52.2 Å². The number of rotatable bonds is 15. The minimum absolute atomic E-state index is 0.0697. The van der Waals surface area contributed by atoms with Gasteiger partial charge in [0.2, 0.25) is 15.9 Å². The average Bonchev–Trinajstić information content (AvgIpc) is 3.01. The molecule has 3 aromatic rings. The van der Waals surface area contributed by atoms with E-state index in [9.17, 15) is 27.2 Å². The quantitative estimate of drug-likeness (QED) is 0.197. The number of amides is 3. The van der Waals surface area contributed by atoms with E-state index in [1.165, 1.54) is 37.4 Å². The van der Waals surface area contributed by atoms with Crippen LogP contribution in [-0.2, 0) is 21.2 Å². The fourth-order valence-corrected chi connectivity index (χ4v) is 5.06. The summed E-state index contributed by atoms with van der Waals surface area (Å²) in [5, 5.41) is 11.9. The Balaban J connectivity index is 1.88. The summed E-state index contributed by atoms with van der Waals surface area (Å²) in [6, 6.07) is 18.0. The third-order valence-corrected chi connectivity index (χ3v) is 8.63. The van der Waals surface area contributed by atoms with E-state index < -0.39 is 45.8 Å². The van der Waals surface area contributed by atoms with Gasteiger partial charge < -0.3 is 21.3 Å². The van der Waals surface area contributed by atoms with E-state index in [1.54, 1.807) is 26.0 Å². The summed E-state index contributed by atoms with van der Waals surface area (Å²) >= 11 is 0. The standard InChI is InChI=1S/C34H44FN5O5S/c1-22(2)20-37-32(41)24(4)36-21-30(16-25-10-8-7-9-11-25)39-34(43)28-17-27(18-31(19-28)40(5)46(6,44)45)33(42)38-23(3)26-12-14-29(35)15-13-26/h7-15,17-19,22-24,30,36H,16,20-21H2,1-6H3,(H,37,41)(H,38,42)(H,39,43)/t23-,24+,30+/m1/s1. The highest BCUT2D eigenvalue weighted by Gasteiger charge is 2.23. The van der Waals surface area contributed by atoms with Crippen LogP contribution in [0.15, 0.2) is 72.8 Å². The molecule has 0 heterocycles. The molecule has 3 amide bonds. The van der Waals surface area contributed by atoms with E-state index >= 15 is 0 Å². The molecule has 12 heteroatoms. The number of carbonyl (C=O) groups is 3. The summed E-state index contributed by atoms with van der Waals surface area (Å²) in [5.74, 6) is -1.32. The molecule has 3 rings (SSSR count). The lowest BCUT2D eigenvalue weighted by Gasteiger charge is -2.23. The van der Waals surface area contributed by atoms with E-state index in [0.29, 0.717) is 24.4 Å². The van der Waals surface area contributed by atoms with Gasteiger partial charge in [0.25, 0.3) is 11.8 Å². The van der Waals surface area contributed by atoms with E-state index in [0.717, 1.165) is 16.1 Å². The van der Waals surface area contributed by atoms with Gasteiger partial charge in [-0.1, -0.05) is 56.3 Å². The van der Waals surface area contributed by atoms with E-state index in [2.05, 4.69) is 21.3 Å². The molecule has 0 saturated heterocycles. The number of halogens is 1. The molecule has 3 aromatic carbocycles. The van der Waals surface area contributed by atoms with Crippen molar-refractivity contribution < 1.29 is 27.2 Å². The lowest BCUT2D eigenvalue weighted by molar-refractivity contribution is -0.122. The highest BCUT2D eigenvalue weighted by atomic mass is 32.2. The Bertz CT molecular complexity index is 1600. The van der Waals surface area contributed by atoms with Crippen molar-refractivity contribution in [2.24, 2.45) is 5.92 Å². The Labute approximate surface area is 271 Å². The highest BCUT2D eigenvalue weighted by Crippen LogP contribution is 2.22. The van der Waals surface area contributed by atoms with E-state index in [-0.39, 0.29) is 29.3 Å². The molecule has 0 aromatic heterocycles. The minimum atomic E-state index is -3.72. The van der Waals surface area contributed by atoms with Gasteiger partial charge in [-0.05, 0) is 67.6 Å². The first-order chi connectivity index (χ1) is 21.6. The van der Waals surface area contributed by atoms with Crippen molar-refractivity contribution in [1.29, 1.82) is 0 Å². The summed E-state index contributed by atoms with van der Waals surface area (Å²) in [7, 11) is -2.39. The zero-order chi connectivity index (χ0) is 34.0. The Morgan fingerprint density at radius 2 is 1.41 bits per heavy atom. The number of sulfonamides is 1. The van der Waals surface area contributed by atoms with Crippen molar-refractivity contribution in [2.75, 3.05) is 30.7 Å². The third kappa shape index (κ3) is 11.0. The van der Waals surface area contributed by atoms with Crippen molar-refractivity contribution in [1.82, 2.24) is 21.3 Å². The predicted octanol–water partition coefficient (Wildman–Crippen LogP) is 3.80. The Kier molecular flexibility index (Phi) is 12.8. The van der Waals surface area contributed by atoms with Gasteiger partial charge in [0.05, 0.1) is 24.0 Å². The second kappa shape index (κ2) is 16.3. The summed E-state index contributed by atoms with van der Waals surface area (Å²) in [6.45, 7) is 8.31. The predicted molar refractivity (Wildman–Crippen MR) is 179 cm³/mol. The molecule has 0 radical (unpaired) electrons. The lowest BCUT2D eigenvalue weighted by atomic mass is 10.0. The zero-order valence-electron chi connectivity index (χ0n) is 27.1. The van der Waals surface area contributed by atoms with Crippen LogP contribution < -0.4 is 25.6 Å². The van der Waals surface area contributed by atoms with Gasteiger partial charge in [-0.2, -0.15) is 0 Å². The van der Waals surface area contributed by atoms with Crippen LogP contribution in [0.3, 0.4) is 0 Å². The molecule has 10 nitrogen and oxygen atoms in total. The largest absolute Gasteiger partial charge is 0.354 e. The van der Waals surface area contributed by atoms with Crippen molar-refractivity contribution >= 4 is 33.4 Å². The molecule has 46 heavy (non-hydrogen) atoms. The number of carbonyl (C=O) groups excluding carboxylic acids is 3. The molecular formula is C34H44FN5O5S. The smallest absolute Gasteiger partial charge is 0.251 e. The fourth-order valence-electron chi connectivity index (χ4n) is 4.57. The van der Waals surface area contributed by atoms with Crippen LogP contribution in [0, 0.1) is 11.7 Å². The molecule has 0 aliphatic carbocycles. The Morgan fingerprint density at radius 1 is 0.826 bits per heavy atom. The zero-order valence-corrected chi connectivity index (χ0v) is 28.0. The number of nitrogens with one attached hydrogen (secondary N) is 4. The third-order valence-electron chi connectivity index (χ3n) is 7.43. The molecule has 0 bridgehead atoms. The molecule has 3 atom stereocenters. The van der Waals surface area contributed by atoms with Gasteiger partial charge in [-0.15, -0.1) is 0 Å². The van der Waals surface area contributed by atoms with Gasteiger partial charge in [0.15, 0.2) is 0 Å². The molecule has 0 unspecified atom stereocenters. The molecular weight excluding hydrogens is 609 g/mol. The summed E-state index contributed by atoms with van der Waals surface area (Å²) in [5.41, 5.74) is 1.91. The van der Waals surface area contributed by atoms with Gasteiger partial charge in [-0.3, -0.25) is 18.7 Å². The SMILES string of the molecule is CC(C)CNC(=O)[C@H](C)NC[C@H](Cc1ccccc1)NC(=O)c1cc(C(=O)N[C@H](C)c2ccc(F)cc2)cc(N(C)S(C)(=O)=O)c1. The van der Waals surface area contributed by atoms with Crippen molar-refractivity contribution in [3.63, 3.8) is 0 Å². The van der Waals surface area contributed by atoms with Crippen LogP contribution in [0.1, 0.15) is 65.6 Å². The molecule has 248 valence electrons. The number of hydrogen-bond acceptors (Lipinski definition) is 6. The molecule has 0 fully saturated rings. The molecule has 4 N–H and O–H groups in total. The maximum Gasteiger partial charge on any atom is 0.251 e. The van der Waals surface area contributed by atoms with E-state index in [4.69, 9.17) is 0 Å². The first kappa shape index (κ1) is 36.2. The number of nitrogens with zero attached hydrogens (tertiary/aromatic N) is 1. The van der Waals surface area contributed by atoms with Crippen LogP contribution in [0.4, 0.5) is 10.1 Å².